The van der Waals surface area contributed by atoms with E-state index in [1.54, 1.807) is 0 Å². The minimum atomic E-state index is 0.544. The van der Waals surface area contributed by atoms with Crippen molar-refractivity contribution in [1.29, 1.82) is 0 Å². The minimum Gasteiger partial charge on any atom is -0.381 e. The first kappa shape index (κ1) is 11.0. The number of ether oxygens (including phenoxy) is 1. The molecule has 1 fully saturated rings. The number of hydrogen-bond acceptors (Lipinski definition) is 1. The van der Waals surface area contributed by atoms with Crippen LogP contribution in [0.15, 0.2) is 0 Å². The summed E-state index contributed by atoms with van der Waals surface area (Å²) in [5.74, 6) is 1.67. The molecule has 0 radical (unpaired) electrons. The number of rotatable bonds is 3. The fraction of sp³-hybridized carbons (Fsp3) is 1.00. The van der Waals surface area contributed by atoms with Crippen LogP contribution in [0, 0.1) is 17.3 Å². The molecule has 0 aromatic carbocycles. The molecule has 1 aliphatic rings. The molecule has 1 aliphatic heterocycles. The lowest BCUT2D eigenvalue weighted by atomic mass is 9.69. The first-order valence-corrected chi connectivity index (χ1v) is 5.62. The van der Waals surface area contributed by atoms with Crippen molar-refractivity contribution in [2.75, 3.05) is 13.2 Å². The highest BCUT2D eigenvalue weighted by Crippen LogP contribution is 2.40. The van der Waals surface area contributed by atoms with E-state index in [9.17, 15) is 0 Å². The van der Waals surface area contributed by atoms with Crippen LogP contribution in [0.1, 0.15) is 47.0 Å². The SMILES string of the molecule is CC(C)CC(C)C1(C)CCOCC1. The highest BCUT2D eigenvalue weighted by Gasteiger charge is 2.33. The summed E-state index contributed by atoms with van der Waals surface area (Å²) in [7, 11) is 0. The fourth-order valence-corrected chi connectivity index (χ4v) is 2.32. The van der Waals surface area contributed by atoms with E-state index in [0.29, 0.717) is 5.41 Å². The Morgan fingerprint density at radius 2 is 1.69 bits per heavy atom. The molecule has 13 heavy (non-hydrogen) atoms. The van der Waals surface area contributed by atoms with Gasteiger partial charge < -0.3 is 4.74 Å². The molecule has 78 valence electrons. The van der Waals surface area contributed by atoms with Gasteiger partial charge in [0.2, 0.25) is 0 Å². The van der Waals surface area contributed by atoms with E-state index in [0.717, 1.165) is 25.0 Å². The second-order valence-corrected chi connectivity index (χ2v) is 5.30. The van der Waals surface area contributed by atoms with Gasteiger partial charge in [0, 0.05) is 13.2 Å². The predicted molar refractivity (Wildman–Crippen MR) is 56.8 cm³/mol. The van der Waals surface area contributed by atoms with Gasteiger partial charge in [0.05, 0.1) is 0 Å². The van der Waals surface area contributed by atoms with Crippen LogP contribution in [-0.4, -0.2) is 13.2 Å². The van der Waals surface area contributed by atoms with E-state index >= 15 is 0 Å². The molecule has 1 rings (SSSR count). The van der Waals surface area contributed by atoms with Crippen molar-refractivity contribution >= 4 is 0 Å². The molecule has 0 bridgehead atoms. The minimum absolute atomic E-state index is 0.544. The van der Waals surface area contributed by atoms with Gasteiger partial charge in [-0.15, -0.1) is 0 Å². The lowest BCUT2D eigenvalue weighted by Gasteiger charge is -2.39. The summed E-state index contributed by atoms with van der Waals surface area (Å²) in [6, 6.07) is 0. The lowest BCUT2D eigenvalue weighted by Crippen LogP contribution is -2.33. The first-order valence-electron chi connectivity index (χ1n) is 5.62. The zero-order chi connectivity index (χ0) is 9.90. The molecule has 1 nitrogen and oxygen atoms in total. The van der Waals surface area contributed by atoms with Crippen LogP contribution in [0.25, 0.3) is 0 Å². The summed E-state index contributed by atoms with van der Waals surface area (Å²) in [6.07, 6.45) is 3.86. The van der Waals surface area contributed by atoms with Crippen molar-refractivity contribution < 1.29 is 4.74 Å². The van der Waals surface area contributed by atoms with E-state index in [1.165, 1.54) is 19.3 Å². The second-order valence-electron chi connectivity index (χ2n) is 5.30. The molecule has 1 atom stereocenters. The third-order valence-electron chi connectivity index (χ3n) is 3.65. The van der Waals surface area contributed by atoms with Gasteiger partial charge in [0.15, 0.2) is 0 Å². The van der Waals surface area contributed by atoms with Gasteiger partial charge >= 0.3 is 0 Å². The van der Waals surface area contributed by atoms with E-state index in [2.05, 4.69) is 27.7 Å². The van der Waals surface area contributed by atoms with E-state index in [-0.39, 0.29) is 0 Å². The zero-order valence-corrected chi connectivity index (χ0v) is 9.60. The summed E-state index contributed by atoms with van der Waals surface area (Å²) in [5.41, 5.74) is 0.544. The van der Waals surface area contributed by atoms with Crippen LogP contribution in [0.4, 0.5) is 0 Å². The second kappa shape index (κ2) is 4.45. The maximum absolute atomic E-state index is 5.42. The molecule has 1 unspecified atom stereocenters. The largest absolute Gasteiger partial charge is 0.381 e. The normalized spacial score (nSPS) is 24.7. The summed E-state index contributed by atoms with van der Waals surface area (Å²) >= 11 is 0. The van der Waals surface area contributed by atoms with Crippen molar-refractivity contribution in [3.05, 3.63) is 0 Å². The standard InChI is InChI=1S/C12H24O/c1-10(2)9-11(3)12(4)5-7-13-8-6-12/h10-11H,5-9H2,1-4H3. The first-order chi connectivity index (χ1) is 6.04. The van der Waals surface area contributed by atoms with Crippen molar-refractivity contribution in [3.63, 3.8) is 0 Å². The molecule has 0 saturated carbocycles. The maximum Gasteiger partial charge on any atom is 0.0471 e. The van der Waals surface area contributed by atoms with Crippen LogP contribution >= 0.6 is 0 Å². The summed E-state index contributed by atoms with van der Waals surface area (Å²) in [4.78, 5) is 0. The Kier molecular flexibility index (Phi) is 3.78. The van der Waals surface area contributed by atoms with Crippen molar-refractivity contribution in [2.24, 2.45) is 17.3 Å². The highest BCUT2D eigenvalue weighted by molar-refractivity contribution is 4.82. The number of hydrogen-bond donors (Lipinski definition) is 0. The smallest absolute Gasteiger partial charge is 0.0471 e. The van der Waals surface area contributed by atoms with Gasteiger partial charge in [0.25, 0.3) is 0 Å². The van der Waals surface area contributed by atoms with Crippen LogP contribution in [0.5, 0.6) is 0 Å². The molecule has 0 spiro atoms. The van der Waals surface area contributed by atoms with Gasteiger partial charge in [-0.05, 0) is 36.5 Å². The van der Waals surface area contributed by atoms with E-state index in [1.807, 2.05) is 0 Å². The predicted octanol–water partition coefficient (Wildman–Crippen LogP) is 3.49. The summed E-state index contributed by atoms with van der Waals surface area (Å²) in [5, 5.41) is 0. The maximum atomic E-state index is 5.42. The molecule has 0 amide bonds. The Hall–Kier alpha value is -0.0400. The quantitative estimate of drug-likeness (QED) is 0.652. The van der Waals surface area contributed by atoms with Crippen molar-refractivity contribution in [3.8, 4) is 0 Å². The van der Waals surface area contributed by atoms with E-state index in [4.69, 9.17) is 4.74 Å². The molecule has 1 saturated heterocycles. The highest BCUT2D eigenvalue weighted by atomic mass is 16.5. The third kappa shape index (κ3) is 2.98. The van der Waals surface area contributed by atoms with Crippen LogP contribution in [0.2, 0.25) is 0 Å². The van der Waals surface area contributed by atoms with Crippen molar-refractivity contribution in [2.45, 2.75) is 47.0 Å². The zero-order valence-electron chi connectivity index (χ0n) is 9.60. The molecule has 1 heteroatoms. The summed E-state index contributed by atoms with van der Waals surface area (Å²) in [6.45, 7) is 11.4. The van der Waals surface area contributed by atoms with Crippen LogP contribution in [0.3, 0.4) is 0 Å². The molecule has 0 N–H and O–H groups in total. The molecule has 1 heterocycles. The Morgan fingerprint density at radius 1 is 1.15 bits per heavy atom. The molecular formula is C12H24O. The van der Waals surface area contributed by atoms with Gasteiger partial charge in [-0.25, -0.2) is 0 Å². The molecule has 0 aliphatic carbocycles. The van der Waals surface area contributed by atoms with Crippen LogP contribution < -0.4 is 0 Å². The lowest BCUT2D eigenvalue weighted by molar-refractivity contribution is -0.00821. The van der Waals surface area contributed by atoms with Gasteiger partial charge in [0.1, 0.15) is 0 Å². The average Bonchev–Trinajstić information content (AvgIpc) is 2.04. The van der Waals surface area contributed by atoms with E-state index < -0.39 is 0 Å². The Balaban J connectivity index is 2.46. The molecular weight excluding hydrogens is 160 g/mol. The fourth-order valence-electron chi connectivity index (χ4n) is 2.32. The van der Waals surface area contributed by atoms with Crippen molar-refractivity contribution in [1.82, 2.24) is 0 Å². The monoisotopic (exact) mass is 184 g/mol. The molecule has 0 aromatic rings. The van der Waals surface area contributed by atoms with Gasteiger partial charge in [-0.3, -0.25) is 0 Å². The third-order valence-corrected chi connectivity index (χ3v) is 3.65. The Labute approximate surface area is 82.9 Å². The van der Waals surface area contributed by atoms with Gasteiger partial charge in [-0.2, -0.15) is 0 Å². The molecule has 0 aromatic heterocycles. The van der Waals surface area contributed by atoms with Crippen LogP contribution in [-0.2, 0) is 4.74 Å². The Bertz CT molecular complexity index is 145. The van der Waals surface area contributed by atoms with Gasteiger partial charge in [-0.1, -0.05) is 27.7 Å². The Morgan fingerprint density at radius 3 is 2.15 bits per heavy atom. The summed E-state index contributed by atoms with van der Waals surface area (Å²) < 4.78 is 5.42. The topological polar surface area (TPSA) is 9.23 Å². The average molecular weight is 184 g/mol.